The number of nitrogen functional groups attached to an aromatic ring is 1. The van der Waals surface area contributed by atoms with Crippen molar-refractivity contribution in [3.63, 3.8) is 0 Å². The van der Waals surface area contributed by atoms with Gasteiger partial charge in [0.05, 0.1) is 18.0 Å². The first kappa shape index (κ1) is 15.1. The Morgan fingerprint density at radius 1 is 1.29 bits per heavy atom. The lowest BCUT2D eigenvalue weighted by atomic mass is 10.1. The Balaban J connectivity index is 2.06. The zero-order valence-electron chi connectivity index (χ0n) is 12.5. The minimum Gasteiger partial charge on any atom is -0.461 e. The van der Waals surface area contributed by atoms with Gasteiger partial charge in [-0.15, -0.1) is 0 Å². The van der Waals surface area contributed by atoms with E-state index in [1.165, 1.54) is 0 Å². The van der Waals surface area contributed by atoms with Crippen LogP contribution in [-0.4, -0.2) is 22.4 Å². The molecular formula is C16H21N3O2. The van der Waals surface area contributed by atoms with Crippen LogP contribution < -0.4 is 5.73 Å². The van der Waals surface area contributed by atoms with Crippen LogP contribution in [0.2, 0.25) is 0 Å². The summed E-state index contributed by atoms with van der Waals surface area (Å²) in [6, 6.07) is 9.01. The molecule has 2 rings (SSSR count). The molecule has 0 radical (unpaired) electrons. The van der Waals surface area contributed by atoms with Crippen molar-refractivity contribution in [1.29, 1.82) is 0 Å². The van der Waals surface area contributed by atoms with E-state index in [1.807, 2.05) is 18.2 Å². The first-order valence-corrected chi connectivity index (χ1v) is 7.23. The van der Waals surface area contributed by atoms with Crippen molar-refractivity contribution >= 4 is 11.7 Å². The maximum atomic E-state index is 12.0. The first-order chi connectivity index (χ1) is 10.2. The van der Waals surface area contributed by atoms with Crippen LogP contribution in [0.1, 0.15) is 37.2 Å². The van der Waals surface area contributed by atoms with Gasteiger partial charge in [-0.2, -0.15) is 5.10 Å². The molecule has 0 saturated carbocycles. The van der Waals surface area contributed by atoms with Crippen molar-refractivity contribution in [3.8, 4) is 5.69 Å². The van der Waals surface area contributed by atoms with E-state index in [0.717, 1.165) is 18.5 Å². The zero-order valence-corrected chi connectivity index (χ0v) is 12.5. The van der Waals surface area contributed by atoms with E-state index in [1.54, 1.807) is 23.0 Å². The summed E-state index contributed by atoms with van der Waals surface area (Å²) in [5.41, 5.74) is 7.55. The smallest absolute Gasteiger partial charge is 0.358 e. The second-order valence-electron chi connectivity index (χ2n) is 4.99. The van der Waals surface area contributed by atoms with Crippen molar-refractivity contribution in [2.45, 2.75) is 26.7 Å². The zero-order chi connectivity index (χ0) is 15.2. The lowest BCUT2D eigenvalue weighted by molar-refractivity contribution is 0.0426. The minimum atomic E-state index is -0.393. The predicted molar refractivity (Wildman–Crippen MR) is 82.3 cm³/mol. The largest absolute Gasteiger partial charge is 0.461 e. The number of aromatic nitrogens is 2. The Morgan fingerprint density at radius 2 is 2.00 bits per heavy atom. The predicted octanol–water partition coefficient (Wildman–Crippen LogP) is 3.05. The Labute approximate surface area is 124 Å². The van der Waals surface area contributed by atoms with Crippen molar-refractivity contribution in [2.24, 2.45) is 5.92 Å². The molecule has 21 heavy (non-hydrogen) atoms. The number of carbonyl (C=O) groups is 1. The number of hydrogen-bond donors (Lipinski definition) is 1. The Morgan fingerprint density at radius 3 is 2.67 bits per heavy atom. The van der Waals surface area contributed by atoms with Crippen LogP contribution in [0.3, 0.4) is 0 Å². The van der Waals surface area contributed by atoms with Crippen molar-refractivity contribution < 1.29 is 9.53 Å². The summed E-state index contributed by atoms with van der Waals surface area (Å²) in [5, 5.41) is 4.23. The van der Waals surface area contributed by atoms with E-state index in [2.05, 4.69) is 18.9 Å². The van der Waals surface area contributed by atoms with Crippen LogP contribution >= 0.6 is 0 Å². The van der Waals surface area contributed by atoms with Gasteiger partial charge in [-0.3, -0.25) is 0 Å². The van der Waals surface area contributed by atoms with Gasteiger partial charge in [0, 0.05) is 6.20 Å². The number of benzene rings is 1. The highest BCUT2D eigenvalue weighted by molar-refractivity contribution is 5.87. The summed E-state index contributed by atoms with van der Waals surface area (Å²) in [5.74, 6) is 0.0101. The Kier molecular flexibility index (Phi) is 4.98. The molecule has 0 amide bonds. The molecule has 1 aromatic carbocycles. The molecule has 0 atom stereocenters. The molecule has 0 unspecified atom stereocenters. The molecule has 2 aromatic rings. The van der Waals surface area contributed by atoms with E-state index in [0.29, 0.717) is 23.9 Å². The first-order valence-electron chi connectivity index (χ1n) is 7.23. The number of rotatable bonds is 6. The number of nitrogens with two attached hydrogens (primary N) is 1. The van der Waals surface area contributed by atoms with Crippen LogP contribution in [-0.2, 0) is 4.74 Å². The summed E-state index contributed by atoms with van der Waals surface area (Å²) in [6.07, 6.45) is 3.71. The maximum absolute atomic E-state index is 12.0. The average molecular weight is 287 g/mol. The number of ether oxygens (including phenoxy) is 1. The molecule has 0 bridgehead atoms. The van der Waals surface area contributed by atoms with E-state index in [-0.39, 0.29) is 0 Å². The number of hydrogen-bond acceptors (Lipinski definition) is 4. The Hall–Kier alpha value is -2.30. The molecule has 0 saturated heterocycles. The Bertz CT molecular complexity index is 603. The molecule has 5 nitrogen and oxygen atoms in total. The second kappa shape index (κ2) is 6.92. The van der Waals surface area contributed by atoms with Gasteiger partial charge < -0.3 is 10.5 Å². The summed E-state index contributed by atoms with van der Waals surface area (Å²) >= 11 is 0. The highest BCUT2D eigenvalue weighted by Crippen LogP contribution is 2.16. The summed E-state index contributed by atoms with van der Waals surface area (Å²) in [4.78, 5) is 12.0. The molecule has 1 heterocycles. The molecule has 0 spiro atoms. The number of anilines is 1. The highest BCUT2D eigenvalue weighted by Gasteiger charge is 2.14. The molecule has 0 aliphatic carbocycles. The van der Waals surface area contributed by atoms with Crippen LogP contribution in [0.5, 0.6) is 0 Å². The van der Waals surface area contributed by atoms with Gasteiger partial charge in [0.1, 0.15) is 0 Å². The summed E-state index contributed by atoms with van der Waals surface area (Å²) in [7, 11) is 0. The molecule has 0 aliphatic rings. The summed E-state index contributed by atoms with van der Waals surface area (Å²) < 4.78 is 6.89. The lowest BCUT2D eigenvalue weighted by Gasteiger charge is -2.11. The van der Waals surface area contributed by atoms with Crippen molar-refractivity contribution in [1.82, 2.24) is 9.78 Å². The van der Waals surface area contributed by atoms with Crippen LogP contribution in [0.4, 0.5) is 5.69 Å². The monoisotopic (exact) mass is 287 g/mol. The standard InChI is InChI=1S/C16H21N3O2/c1-3-12(4-2)11-21-16(20)14-9-10-19(18-14)15-8-6-5-7-13(15)17/h5-10,12H,3-4,11,17H2,1-2H3. The molecule has 112 valence electrons. The number of para-hydroxylation sites is 2. The van der Waals surface area contributed by atoms with Gasteiger partial charge in [0.15, 0.2) is 5.69 Å². The van der Waals surface area contributed by atoms with Gasteiger partial charge in [0.2, 0.25) is 0 Å². The van der Waals surface area contributed by atoms with Gasteiger partial charge >= 0.3 is 5.97 Å². The van der Waals surface area contributed by atoms with Gasteiger partial charge in [0.25, 0.3) is 0 Å². The molecule has 0 fully saturated rings. The topological polar surface area (TPSA) is 70.1 Å². The lowest BCUT2D eigenvalue weighted by Crippen LogP contribution is -2.14. The maximum Gasteiger partial charge on any atom is 0.358 e. The normalized spacial score (nSPS) is 10.8. The fourth-order valence-corrected chi connectivity index (χ4v) is 2.05. The summed E-state index contributed by atoms with van der Waals surface area (Å²) in [6.45, 7) is 4.62. The van der Waals surface area contributed by atoms with Gasteiger partial charge in [-0.05, 0) is 24.1 Å². The van der Waals surface area contributed by atoms with Gasteiger partial charge in [-0.1, -0.05) is 38.8 Å². The van der Waals surface area contributed by atoms with Crippen molar-refractivity contribution in [3.05, 3.63) is 42.2 Å². The SMILES string of the molecule is CCC(CC)COC(=O)c1ccn(-c2ccccc2N)n1. The highest BCUT2D eigenvalue weighted by atomic mass is 16.5. The van der Waals surface area contributed by atoms with E-state index >= 15 is 0 Å². The minimum absolute atomic E-state index is 0.296. The van der Waals surface area contributed by atoms with E-state index < -0.39 is 5.97 Å². The molecular weight excluding hydrogens is 266 g/mol. The van der Waals surface area contributed by atoms with Gasteiger partial charge in [-0.25, -0.2) is 9.48 Å². The number of esters is 1. The molecule has 0 aliphatic heterocycles. The molecule has 5 heteroatoms. The van der Waals surface area contributed by atoms with Crippen LogP contribution in [0.25, 0.3) is 5.69 Å². The average Bonchev–Trinajstić information content (AvgIpc) is 2.98. The fourth-order valence-electron chi connectivity index (χ4n) is 2.05. The number of nitrogens with zero attached hydrogens (tertiary/aromatic N) is 2. The third-order valence-corrected chi connectivity index (χ3v) is 3.59. The second-order valence-corrected chi connectivity index (χ2v) is 4.99. The number of carbonyl (C=O) groups excluding carboxylic acids is 1. The third-order valence-electron chi connectivity index (χ3n) is 3.59. The van der Waals surface area contributed by atoms with Crippen LogP contribution in [0.15, 0.2) is 36.5 Å². The van der Waals surface area contributed by atoms with E-state index in [9.17, 15) is 4.79 Å². The molecule has 1 aromatic heterocycles. The van der Waals surface area contributed by atoms with Crippen LogP contribution in [0, 0.1) is 5.92 Å². The fraction of sp³-hybridized carbons (Fsp3) is 0.375. The van der Waals surface area contributed by atoms with Crippen molar-refractivity contribution in [2.75, 3.05) is 12.3 Å². The molecule has 2 N–H and O–H groups in total. The quantitative estimate of drug-likeness (QED) is 0.655. The third kappa shape index (κ3) is 3.62. The van der Waals surface area contributed by atoms with E-state index in [4.69, 9.17) is 10.5 Å².